The SMILES string of the molecule is CCN(C1CCS(=O)(=O)C1)S(=O)(=O)c1ccc(NC(C)=O)cc1. The van der Waals surface area contributed by atoms with Crippen molar-refractivity contribution in [1.29, 1.82) is 0 Å². The maximum absolute atomic E-state index is 12.7. The van der Waals surface area contributed by atoms with Crippen LogP contribution in [0.1, 0.15) is 20.3 Å². The molecule has 0 bridgehead atoms. The zero-order chi connectivity index (χ0) is 17.3. The standard InChI is InChI=1S/C14H20N2O5S2/c1-3-16(13-8-9-22(18,19)10-13)23(20,21)14-6-4-12(5-7-14)15-11(2)17/h4-7,13H,3,8-10H2,1-2H3,(H,15,17). The highest BCUT2D eigenvalue weighted by molar-refractivity contribution is 7.92. The van der Waals surface area contributed by atoms with Crippen molar-refractivity contribution in [2.24, 2.45) is 0 Å². The van der Waals surface area contributed by atoms with Crippen molar-refractivity contribution in [1.82, 2.24) is 4.31 Å². The maximum atomic E-state index is 12.7. The van der Waals surface area contributed by atoms with Gasteiger partial charge in [-0.25, -0.2) is 16.8 Å². The van der Waals surface area contributed by atoms with Crippen LogP contribution in [0.4, 0.5) is 5.69 Å². The number of carbonyl (C=O) groups is 1. The quantitative estimate of drug-likeness (QED) is 0.839. The molecule has 1 aliphatic rings. The monoisotopic (exact) mass is 360 g/mol. The molecule has 1 aliphatic heterocycles. The van der Waals surface area contributed by atoms with E-state index in [0.29, 0.717) is 12.1 Å². The van der Waals surface area contributed by atoms with Crippen LogP contribution >= 0.6 is 0 Å². The molecule has 0 spiro atoms. The highest BCUT2D eigenvalue weighted by atomic mass is 32.2. The van der Waals surface area contributed by atoms with Crippen molar-refractivity contribution < 1.29 is 21.6 Å². The minimum atomic E-state index is -3.77. The molecule has 1 saturated heterocycles. The van der Waals surface area contributed by atoms with E-state index in [-0.39, 0.29) is 28.9 Å². The molecule has 0 radical (unpaired) electrons. The van der Waals surface area contributed by atoms with Gasteiger partial charge in [0.1, 0.15) is 0 Å². The Kier molecular flexibility index (Phi) is 5.12. The third-order valence-corrected chi connectivity index (χ3v) is 7.50. The first-order chi connectivity index (χ1) is 10.7. The van der Waals surface area contributed by atoms with Crippen LogP contribution in [-0.4, -0.2) is 51.1 Å². The van der Waals surface area contributed by atoms with E-state index in [1.54, 1.807) is 6.92 Å². The van der Waals surface area contributed by atoms with Crippen molar-refractivity contribution in [3.8, 4) is 0 Å². The van der Waals surface area contributed by atoms with Crippen molar-refractivity contribution in [2.45, 2.75) is 31.2 Å². The number of nitrogens with zero attached hydrogens (tertiary/aromatic N) is 1. The van der Waals surface area contributed by atoms with Crippen molar-refractivity contribution in [3.05, 3.63) is 24.3 Å². The third-order valence-electron chi connectivity index (χ3n) is 3.71. The normalized spacial score (nSPS) is 20.6. The summed E-state index contributed by atoms with van der Waals surface area (Å²) in [5.41, 5.74) is 0.503. The number of hydrogen-bond donors (Lipinski definition) is 1. The summed E-state index contributed by atoms with van der Waals surface area (Å²) in [7, 11) is -6.94. The van der Waals surface area contributed by atoms with Gasteiger partial charge in [0, 0.05) is 25.2 Å². The van der Waals surface area contributed by atoms with Crippen LogP contribution in [0, 0.1) is 0 Å². The first kappa shape index (κ1) is 17.9. The second-order valence-corrected chi connectivity index (χ2v) is 9.59. The number of carbonyl (C=O) groups excluding carboxylic acids is 1. The summed E-state index contributed by atoms with van der Waals surface area (Å²) in [5, 5.41) is 2.57. The molecule has 9 heteroatoms. The Hall–Kier alpha value is -1.45. The van der Waals surface area contributed by atoms with E-state index in [0.717, 1.165) is 0 Å². The largest absolute Gasteiger partial charge is 0.326 e. The fourth-order valence-electron chi connectivity index (χ4n) is 2.68. The molecule has 1 fully saturated rings. The number of sulfonamides is 1. The second kappa shape index (κ2) is 6.58. The van der Waals surface area contributed by atoms with Crippen molar-refractivity contribution >= 4 is 31.5 Å². The van der Waals surface area contributed by atoms with Crippen molar-refractivity contribution in [3.63, 3.8) is 0 Å². The highest BCUT2D eigenvalue weighted by Gasteiger charge is 2.37. The lowest BCUT2D eigenvalue weighted by molar-refractivity contribution is -0.114. The van der Waals surface area contributed by atoms with Crippen LogP contribution in [-0.2, 0) is 24.7 Å². The predicted octanol–water partition coefficient (Wildman–Crippen LogP) is 0.843. The fraction of sp³-hybridized carbons (Fsp3) is 0.500. The summed E-state index contributed by atoms with van der Waals surface area (Å²) < 4.78 is 49.9. The summed E-state index contributed by atoms with van der Waals surface area (Å²) in [6.07, 6.45) is 0.319. The van der Waals surface area contributed by atoms with Gasteiger partial charge in [-0.3, -0.25) is 4.79 Å². The average molecular weight is 360 g/mol. The lowest BCUT2D eigenvalue weighted by Crippen LogP contribution is -2.40. The van der Waals surface area contributed by atoms with Gasteiger partial charge in [-0.2, -0.15) is 4.31 Å². The highest BCUT2D eigenvalue weighted by Crippen LogP contribution is 2.25. The summed E-state index contributed by atoms with van der Waals surface area (Å²) in [6, 6.07) is 5.31. The van der Waals surface area contributed by atoms with Crippen LogP contribution < -0.4 is 5.32 Å². The lowest BCUT2D eigenvalue weighted by Gasteiger charge is -2.26. The van der Waals surface area contributed by atoms with Gasteiger partial charge >= 0.3 is 0 Å². The molecular formula is C14H20N2O5S2. The molecule has 128 valence electrons. The molecule has 1 heterocycles. The Morgan fingerprint density at radius 3 is 2.35 bits per heavy atom. The zero-order valence-electron chi connectivity index (χ0n) is 13.0. The van der Waals surface area contributed by atoms with Gasteiger partial charge in [-0.05, 0) is 30.7 Å². The molecule has 1 unspecified atom stereocenters. The number of amides is 1. The van der Waals surface area contributed by atoms with E-state index in [1.807, 2.05) is 0 Å². The van der Waals surface area contributed by atoms with E-state index in [4.69, 9.17) is 0 Å². The Balaban J connectivity index is 2.27. The number of sulfone groups is 1. The Bertz CT molecular complexity index is 785. The number of benzene rings is 1. The van der Waals surface area contributed by atoms with Gasteiger partial charge < -0.3 is 5.32 Å². The smallest absolute Gasteiger partial charge is 0.243 e. The minimum Gasteiger partial charge on any atom is -0.326 e. The minimum absolute atomic E-state index is 0.0190. The van der Waals surface area contributed by atoms with Crippen LogP contribution in [0.15, 0.2) is 29.2 Å². The molecular weight excluding hydrogens is 340 g/mol. The van der Waals surface area contributed by atoms with Gasteiger partial charge in [-0.1, -0.05) is 6.92 Å². The van der Waals surface area contributed by atoms with Crippen LogP contribution in [0.5, 0.6) is 0 Å². The van der Waals surface area contributed by atoms with Crippen LogP contribution in [0.3, 0.4) is 0 Å². The summed E-state index contributed by atoms with van der Waals surface area (Å²) in [6.45, 7) is 3.26. The summed E-state index contributed by atoms with van der Waals surface area (Å²) in [4.78, 5) is 11.1. The number of rotatable bonds is 5. The molecule has 1 aromatic carbocycles. The molecule has 0 aromatic heterocycles. The maximum Gasteiger partial charge on any atom is 0.243 e. The van der Waals surface area contributed by atoms with Crippen LogP contribution in [0.25, 0.3) is 0 Å². The topological polar surface area (TPSA) is 101 Å². The lowest BCUT2D eigenvalue weighted by atomic mass is 10.3. The Morgan fingerprint density at radius 2 is 1.91 bits per heavy atom. The van der Waals surface area contributed by atoms with Crippen LogP contribution in [0.2, 0.25) is 0 Å². The molecule has 0 saturated carbocycles. The molecule has 7 nitrogen and oxygen atoms in total. The second-order valence-electron chi connectivity index (χ2n) is 5.47. The van der Waals surface area contributed by atoms with Gasteiger partial charge in [0.2, 0.25) is 15.9 Å². The molecule has 23 heavy (non-hydrogen) atoms. The fourth-order valence-corrected chi connectivity index (χ4v) is 6.16. The Labute approximate surface area is 136 Å². The van der Waals surface area contributed by atoms with E-state index in [2.05, 4.69) is 5.32 Å². The number of anilines is 1. The molecule has 1 amide bonds. The van der Waals surface area contributed by atoms with E-state index < -0.39 is 25.9 Å². The molecule has 2 rings (SSSR count). The number of hydrogen-bond acceptors (Lipinski definition) is 5. The summed E-state index contributed by atoms with van der Waals surface area (Å²) in [5.74, 6) is -0.359. The van der Waals surface area contributed by atoms with E-state index in [9.17, 15) is 21.6 Å². The molecule has 1 atom stereocenters. The van der Waals surface area contributed by atoms with Crippen molar-refractivity contribution in [2.75, 3.05) is 23.4 Å². The first-order valence-electron chi connectivity index (χ1n) is 7.25. The average Bonchev–Trinajstić information content (AvgIpc) is 2.79. The van der Waals surface area contributed by atoms with E-state index >= 15 is 0 Å². The molecule has 0 aliphatic carbocycles. The van der Waals surface area contributed by atoms with E-state index in [1.165, 1.54) is 35.5 Å². The summed E-state index contributed by atoms with van der Waals surface area (Å²) >= 11 is 0. The first-order valence-corrected chi connectivity index (χ1v) is 10.5. The van der Waals surface area contributed by atoms with Gasteiger partial charge in [0.15, 0.2) is 9.84 Å². The van der Waals surface area contributed by atoms with Gasteiger partial charge in [-0.15, -0.1) is 0 Å². The van der Waals surface area contributed by atoms with Gasteiger partial charge in [0.05, 0.1) is 16.4 Å². The predicted molar refractivity (Wildman–Crippen MR) is 87.4 cm³/mol. The third kappa shape index (κ3) is 4.10. The molecule has 1 aromatic rings. The van der Waals surface area contributed by atoms with Gasteiger partial charge in [0.25, 0.3) is 0 Å². The number of nitrogens with one attached hydrogen (secondary N) is 1. The zero-order valence-corrected chi connectivity index (χ0v) is 14.7. The Morgan fingerprint density at radius 1 is 1.30 bits per heavy atom. The molecule has 1 N–H and O–H groups in total.